The maximum atomic E-state index is 11.7. The summed E-state index contributed by atoms with van der Waals surface area (Å²) in [6.45, 7) is 5.32. The molecule has 0 saturated carbocycles. The summed E-state index contributed by atoms with van der Waals surface area (Å²) in [5.74, 6) is -0.336. The Bertz CT molecular complexity index is 393. The van der Waals surface area contributed by atoms with E-state index in [1.54, 1.807) is 12.4 Å². The fourth-order valence-corrected chi connectivity index (χ4v) is 2.87. The first-order valence-electron chi connectivity index (χ1n) is 8.14. The molecule has 0 aliphatic carbocycles. The molecular weight excluding hydrogens is 284 g/mol. The van der Waals surface area contributed by atoms with Crippen LogP contribution in [0.3, 0.4) is 0 Å². The smallest absolute Gasteiger partial charge is 0.360 e. The molecule has 21 heavy (non-hydrogen) atoms. The number of aromatic nitrogens is 1. The monoisotopic (exact) mass is 312 g/mol. The molecular formula is C16H28N2O2S. The number of thiazole rings is 1. The van der Waals surface area contributed by atoms with Crippen molar-refractivity contribution >= 4 is 22.3 Å². The molecule has 120 valence electrons. The van der Waals surface area contributed by atoms with Crippen LogP contribution in [0.25, 0.3) is 0 Å². The molecule has 1 rings (SSSR count). The average molecular weight is 312 g/mol. The van der Waals surface area contributed by atoms with Gasteiger partial charge in [0.25, 0.3) is 0 Å². The van der Waals surface area contributed by atoms with Crippen molar-refractivity contribution in [3.05, 3.63) is 11.2 Å². The van der Waals surface area contributed by atoms with Crippen LogP contribution in [0.15, 0.2) is 5.51 Å². The van der Waals surface area contributed by atoms with E-state index < -0.39 is 0 Å². The standard InChI is InChI=1S/C16H28N2O2S/c1-3-5-6-7-8-9-10-11-12-17-15-14(18-13-21-15)16(19)20-4-2/h13,17H,3-12H2,1-2H3. The van der Waals surface area contributed by atoms with E-state index in [2.05, 4.69) is 17.2 Å². The molecule has 1 heterocycles. The highest BCUT2D eigenvalue weighted by atomic mass is 32.1. The maximum Gasteiger partial charge on any atom is 0.360 e. The van der Waals surface area contributed by atoms with E-state index in [9.17, 15) is 4.79 Å². The van der Waals surface area contributed by atoms with Crippen molar-refractivity contribution in [2.75, 3.05) is 18.5 Å². The summed E-state index contributed by atoms with van der Waals surface area (Å²) in [4.78, 5) is 15.7. The van der Waals surface area contributed by atoms with Gasteiger partial charge in [-0.3, -0.25) is 0 Å². The number of carbonyl (C=O) groups is 1. The van der Waals surface area contributed by atoms with Gasteiger partial charge in [-0.25, -0.2) is 9.78 Å². The first kappa shape index (κ1) is 18.0. The second-order valence-electron chi connectivity index (χ2n) is 5.15. The number of hydrogen-bond donors (Lipinski definition) is 1. The molecule has 4 nitrogen and oxygen atoms in total. The van der Waals surface area contributed by atoms with Gasteiger partial charge in [0.05, 0.1) is 12.1 Å². The number of anilines is 1. The van der Waals surface area contributed by atoms with Crippen LogP contribution in [0.2, 0.25) is 0 Å². The lowest BCUT2D eigenvalue weighted by Crippen LogP contribution is -2.09. The van der Waals surface area contributed by atoms with Crippen molar-refractivity contribution in [2.45, 2.75) is 65.2 Å². The van der Waals surface area contributed by atoms with Crippen molar-refractivity contribution in [3.8, 4) is 0 Å². The Morgan fingerprint density at radius 2 is 1.81 bits per heavy atom. The SMILES string of the molecule is CCCCCCCCCCNc1scnc1C(=O)OCC. The molecule has 0 bridgehead atoms. The second-order valence-corrected chi connectivity index (χ2v) is 6.01. The molecule has 5 heteroatoms. The van der Waals surface area contributed by atoms with E-state index in [-0.39, 0.29) is 5.97 Å². The van der Waals surface area contributed by atoms with Crippen LogP contribution in [-0.4, -0.2) is 24.1 Å². The fourth-order valence-electron chi connectivity index (χ4n) is 2.18. The van der Waals surface area contributed by atoms with Gasteiger partial charge in [0.1, 0.15) is 5.00 Å². The third-order valence-corrected chi connectivity index (χ3v) is 4.14. The number of nitrogens with zero attached hydrogens (tertiary/aromatic N) is 1. The van der Waals surface area contributed by atoms with Gasteiger partial charge >= 0.3 is 5.97 Å². The third-order valence-electron chi connectivity index (χ3n) is 3.35. The minimum atomic E-state index is -0.336. The largest absolute Gasteiger partial charge is 0.461 e. The van der Waals surface area contributed by atoms with E-state index >= 15 is 0 Å². The molecule has 0 fully saturated rings. The van der Waals surface area contributed by atoms with Gasteiger partial charge in [-0.2, -0.15) is 0 Å². The Hall–Kier alpha value is -1.10. The Labute approximate surface area is 132 Å². The van der Waals surface area contributed by atoms with Crippen LogP contribution < -0.4 is 5.32 Å². The molecule has 0 radical (unpaired) electrons. The van der Waals surface area contributed by atoms with Gasteiger partial charge in [-0.05, 0) is 13.3 Å². The normalized spacial score (nSPS) is 10.6. The highest BCUT2D eigenvalue weighted by molar-refractivity contribution is 7.14. The maximum absolute atomic E-state index is 11.7. The summed E-state index contributed by atoms with van der Waals surface area (Å²) in [6, 6.07) is 0. The predicted molar refractivity (Wildman–Crippen MR) is 89.2 cm³/mol. The highest BCUT2D eigenvalue weighted by Gasteiger charge is 2.15. The highest BCUT2D eigenvalue weighted by Crippen LogP contribution is 2.21. The molecule has 1 aromatic rings. The van der Waals surface area contributed by atoms with Gasteiger partial charge in [0.15, 0.2) is 5.69 Å². The van der Waals surface area contributed by atoms with Crippen molar-refractivity contribution in [2.24, 2.45) is 0 Å². The van der Waals surface area contributed by atoms with E-state index in [1.807, 2.05) is 0 Å². The van der Waals surface area contributed by atoms with Gasteiger partial charge in [-0.1, -0.05) is 51.9 Å². The summed E-state index contributed by atoms with van der Waals surface area (Å²) in [5, 5.41) is 4.13. The Balaban J connectivity index is 2.10. The summed E-state index contributed by atoms with van der Waals surface area (Å²) < 4.78 is 4.98. The minimum absolute atomic E-state index is 0.336. The van der Waals surface area contributed by atoms with Crippen molar-refractivity contribution in [1.82, 2.24) is 4.98 Å². The molecule has 0 saturated heterocycles. The van der Waals surface area contributed by atoms with Crippen LogP contribution >= 0.6 is 11.3 Å². The van der Waals surface area contributed by atoms with Gasteiger partial charge in [0.2, 0.25) is 0 Å². The quantitative estimate of drug-likeness (QED) is 0.442. The van der Waals surface area contributed by atoms with E-state index in [0.717, 1.165) is 18.0 Å². The number of unbranched alkanes of at least 4 members (excludes halogenated alkanes) is 7. The van der Waals surface area contributed by atoms with Gasteiger partial charge < -0.3 is 10.1 Å². The zero-order valence-corrected chi connectivity index (χ0v) is 14.1. The number of carbonyl (C=O) groups excluding carboxylic acids is 1. The predicted octanol–water partition coefficient (Wildman–Crippen LogP) is 4.87. The Morgan fingerprint density at radius 3 is 2.48 bits per heavy atom. The lowest BCUT2D eigenvalue weighted by atomic mass is 10.1. The molecule has 0 atom stereocenters. The topological polar surface area (TPSA) is 51.2 Å². The van der Waals surface area contributed by atoms with Crippen molar-refractivity contribution in [1.29, 1.82) is 0 Å². The number of esters is 1. The van der Waals surface area contributed by atoms with Crippen LogP contribution in [0.1, 0.15) is 75.7 Å². The molecule has 1 N–H and O–H groups in total. The molecule has 0 aliphatic heterocycles. The molecule has 1 aromatic heterocycles. The number of nitrogens with one attached hydrogen (secondary N) is 1. The summed E-state index contributed by atoms with van der Waals surface area (Å²) in [5.41, 5.74) is 2.10. The van der Waals surface area contributed by atoms with Gasteiger partial charge in [-0.15, -0.1) is 11.3 Å². The van der Waals surface area contributed by atoms with E-state index in [0.29, 0.717) is 12.3 Å². The lowest BCUT2D eigenvalue weighted by Gasteiger charge is -2.06. The molecule has 0 aromatic carbocycles. The van der Waals surface area contributed by atoms with Crippen LogP contribution in [0.5, 0.6) is 0 Å². The van der Waals surface area contributed by atoms with Crippen LogP contribution in [-0.2, 0) is 4.74 Å². The Morgan fingerprint density at radius 1 is 1.14 bits per heavy atom. The zero-order valence-electron chi connectivity index (χ0n) is 13.3. The first-order chi connectivity index (χ1) is 10.3. The molecule has 0 amide bonds. The molecule has 0 spiro atoms. The molecule has 0 aliphatic rings. The van der Waals surface area contributed by atoms with Crippen LogP contribution in [0, 0.1) is 0 Å². The third kappa shape index (κ3) is 7.46. The van der Waals surface area contributed by atoms with Crippen molar-refractivity contribution < 1.29 is 9.53 Å². The summed E-state index contributed by atoms with van der Waals surface area (Å²) >= 11 is 1.46. The summed E-state index contributed by atoms with van der Waals surface area (Å²) in [6.07, 6.45) is 10.4. The first-order valence-corrected chi connectivity index (χ1v) is 9.02. The lowest BCUT2D eigenvalue weighted by molar-refractivity contribution is 0.0521. The average Bonchev–Trinajstić information content (AvgIpc) is 2.94. The van der Waals surface area contributed by atoms with E-state index in [1.165, 1.54) is 56.3 Å². The van der Waals surface area contributed by atoms with Crippen LogP contribution in [0.4, 0.5) is 5.00 Å². The van der Waals surface area contributed by atoms with E-state index in [4.69, 9.17) is 4.74 Å². The second kappa shape index (κ2) is 11.5. The number of hydrogen-bond acceptors (Lipinski definition) is 5. The summed E-state index contributed by atoms with van der Waals surface area (Å²) in [7, 11) is 0. The Kier molecular flexibility index (Phi) is 9.87. The number of ether oxygens (including phenoxy) is 1. The fraction of sp³-hybridized carbons (Fsp3) is 0.750. The minimum Gasteiger partial charge on any atom is -0.461 e. The zero-order chi connectivity index (χ0) is 15.3. The van der Waals surface area contributed by atoms with Crippen molar-refractivity contribution in [3.63, 3.8) is 0 Å². The molecule has 0 unspecified atom stereocenters. The number of rotatable bonds is 12. The van der Waals surface area contributed by atoms with Gasteiger partial charge in [0, 0.05) is 6.54 Å².